The van der Waals surface area contributed by atoms with E-state index in [1.165, 1.54) is 6.07 Å². The van der Waals surface area contributed by atoms with Crippen molar-refractivity contribution >= 4 is 29.7 Å². The quantitative estimate of drug-likeness (QED) is 0.0511. The van der Waals surface area contributed by atoms with Crippen LogP contribution >= 0.6 is 0 Å². The molecule has 0 saturated heterocycles. The number of hydrogen-bond donors (Lipinski definition) is 0. The molecule has 1 atom stereocenters. The van der Waals surface area contributed by atoms with Crippen LogP contribution in [0.1, 0.15) is 53.0 Å². The largest absolute Gasteiger partial charge is 0.462 e. The maximum atomic E-state index is 13.6. The fourth-order valence-electron chi connectivity index (χ4n) is 4.95. The summed E-state index contributed by atoms with van der Waals surface area (Å²) in [5.74, 6) is -3.08. The molecule has 10 heteroatoms. The van der Waals surface area contributed by atoms with Gasteiger partial charge in [-0.3, -0.25) is 4.79 Å². The molecule has 0 saturated carbocycles. The summed E-state index contributed by atoms with van der Waals surface area (Å²) in [5, 5.41) is 0. The molecular formula is C41H44O10. The van der Waals surface area contributed by atoms with E-state index in [-0.39, 0.29) is 56.6 Å². The van der Waals surface area contributed by atoms with Crippen LogP contribution in [0.3, 0.4) is 0 Å². The topological polar surface area (TPSA) is 132 Å². The van der Waals surface area contributed by atoms with Gasteiger partial charge in [0.2, 0.25) is 0 Å². The number of hydrogen-bond acceptors (Lipinski definition) is 10. The molecular weight excluding hydrogens is 652 g/mol. The zero-order valence-electron chi connectivity index (χ0n) is 29.1. The fraction of sp³-hybridized carbons (Fsp3) is 0.293. The molecule has 0 aliphatic carbocycles. The van der Waals surface area contributed by atoms with Crippen molar-refractivity contribution in [1.82, 2.24) is 0 Å². The Labute approximate surface area is 298 Å². The number of carbonyl (C=O) groups excluding carboxylic acids is 5. The average Bonchev–Trinajstić information content (AvgIpc) is 3.19. The van der Waals surface area contributed by atoms with Gasteiger partial charge in [-0.1, -0.05) is 106 Å². The summed E-state index contributed by atoms with van der Waals surface area (Å²) < 4.78 is 27.9. The van der Waals surface area contributed by atoms with Crippen molar-refractivity contribution in [2.75, 3.05) is 39.6 Å². The number of rotatable bonds is 21. The summed E-state index contributed by atoms with van der Waals surface area (Å²) in [6, 6.07) is 23.3. The Kier molecular flexibility index (Phi) is 15.3. The number of esters is 4. The molecule has 0 aliphatic heterocycles. The fourth-order valence-corrected chi connectivity index (χ4v) is 4.95. The zero-order chi connectivity index (χ0) is 37.3. The summed E-state index contributed by atoms with van der Waals surface area (Å²) in [4.78, 5) is 63.0. The van der Waals surface area contributed by atoms with Gasteiger partial charge in [0.1, 0.15) is 26.4 Å². The third-order valence-electron chi connectivity index (χ3n) is 8.53. The van der Waals surface area contributed by atoms with Crippen molar-refractivity contribution < 1.29 is 47.7 Å². The molecule has 0 N–H and O–H groups in total. The first kappa shape index (κ1) is 39.8. The molecule has 0 aliphatic rings. The molecule has 10 nitrogen and oxygen atoms in total. The average molecular weight is 697 g/mol. The molecule has 268 valence electrons. The lowest BCUT2D eigenvalue weighted by Crippen LogP contribution is -2.42. The van der Waals surface area contributed by atoms with E-state index in [1.54, 1.807) is 30.3 Å². The normalized spacial score (nSPS) is 12.0. The summed E-state index contributed by atoms with van der Waals surface area (Å²) in [5.41, 5.74) is 0.625. The van der Waals surface area contributed by atoms with Gasteiger partial charge in [0, 0.05) is 29.4 Å². The first-order chi connectivity index (χ1) is 24.5. The van der Waals surface area contributed by atoms with Crippen molar-refractivity contribution in [2.45, 2.75) is 26.7 Å². The Hall–Kier alpha value is -5.61. The summed E-state index contributed by atoms with van der Waals surface area (Å²) in [6.45, 7) is 13.1. The molecule has 0 amide bonds. The predicted octanol–water partition coefficient (Wildman–Crippen LogP) is 6.74. The molecule has 1 unspecified atom stereocenters. The van der Waals surface area contributed by atoms with E-state index in [0.29, 0.717) is 18.4 Å². The van der Waals surface area contributed by atoms with E-state index in [4.69, 9.17) is 23.7 Å². The van der Waals surface area contributed by atoms with Crippen LogP contribution in [-0.4, -0.2) is 69.3 Å². The SMILES string of the molecule is C=CC(=O)OCC(CC)(COCC(CC)(COC(=O)C=C)COC(=O)c1ccccc1C(=O)c1ccc(-c2ccccc2)cc1)COC(=O)C=C. The van der Waals surface area contributed by atoms with Gasteiger partial charge in [-0.05, 0) is 30.0 Å². The van der Waals surface area contributed by atoms with Gasteiger partial charge < -0.3 is 23.7 Å². The lowest BCUT2D eigenvalue weighted by atomic mass is 9.86. The highest BCUT2D eigenvalue weighted by Gasteiger charge is 2.37. The second-order valence-electron chi connectivity index (χ2n) is 12.0. The van der Waals surface area contributed by atoms with Gasteiger partial charge in [-0.25, -0.2) is 19.2 Å². The first-order valence-electron chi connectivity index (χ1n) is 16.5. The monoisotopic (exact) mass is 696 g/mol. The van der Waals surface area contributed by atoms with Gasteiger partial charge in [-0.15, -0.1) is 0 Å². The van der Waals surface area contributed by atoms with E-state index in [9.17, 15) is 24.0 Å². The lowest BCUT2D eigenvalue weighted by molar-refractivity contribution is -0.154. The van der Waals surface area contributed by atoms with E-state index in [0.717, 1.165) is 29.4 Å². The third kappa shape index (κ3) is 11.5. The second kappa shape index (κ2) is 19.5. The summed E-state index contributed by atoms with van der Waals surface area (Å²) in [6.07, 6.45) is 3.80. The Bertz CT molecular complexity index is 1670. The highest BCUT2D eigenvalue weighted by atomic mass is 16.6. The molecule has 0 heterocycles. The van der Waals surface area contributed by atoms with Gasteiger partial charge >= 0.3 is 23.9 Å². The van der Waals surface area contributed by atoms with Gasteiger partial charge in [0.15, 0.2) is 5.78 Å². The van der Waals surface area contributed by atoms with Crippen molar-refractivity contribution in [3.8, 4) is 11.1 Å². The number of ketones is 1. The maximum Gasteiger partial charge on any atom is 0.338 e. The van der Waals surface area contributed by atoms with E-state index in [1.807, 2.05) is 56.3 Å². The van der Waals surface area contributed by atoms with Gasteiger partial charge in [0.25, 0.3) is 0 Å². The third-order valence-corrected chi connectivity index (χ3v) is 8.53. The van der Waals surface area contributed by atoms with E-state index in [2.05, 4.69) is 19.7 Å². The van der Waals surface area contributed by atoms with Crippen LogP contribution in [-0.2, 0) is 38.1 Å². The van der Waals surface area contributed by atoms with Crippen LogP contribution < -0.4 is 0 Å². The summed E-state index contributed by atoms with van der Waals surface area (Å²) in [7, 11) is 0. The lowest BCUT2D eigenvalue weighted by Gasteiger charge is -2.35. The molecule has 51 heavy (non-hydrogen) atoms. The molecule has 3 rings (SSSR count). The highest BCUT2D eigenvalue weighted by molar-refractivity contribution is 6.14. The Balaban J connectivity index is 1.80. The Morgan fingerprint density at radius 2 is 0.941 bits per heavy atom. The van der Waals surface area contributed by atoms with Crippen molar-refractivity contribution in [1.29, 1.82) is 0 Å². The van der Waals surface area contributed by atoms with Crippen LogP contribution in [0.2, 0.25) is 0 Å². The van der Waals surface area contributed by atoms with Gasteiger partial charge in [0.05, 0.1) is 29.6 Å². The highest BCUT2D eigenvalue weighted by Crippen LogP contribution is 2.30. The number of carbonyl (C=O) groups is 5. The molecule has 0 aromatic heterocycles. The number of ether oxygens (including phenoxy) is 5. The van der Waals surface area contributed by atoms with E-state index >= 15 is 0 Å². The van der Waals surface area contributed by atoms with E-state index < -0.39 is 34.7 Å². The minimum absolute atomic E-state index is 0.0379. The van der Waals surface area contributed by atoms with Crippen LogP contribution in [0.4, 0.5) is 0 Å². The minimum Gasteiger partial charge on any atom is -0.462 e. The molecule has 3 aromatic carbocycles. The first-order valence-corrected chi connectivity index (χ1v) is 16.5. The van der Waals surface area contributed by atoms with Crippen LogP contribution in [0, 0.1) is 10.8 Å². The standard InChI is InChI=1S/C41H44O10/c1-6-35(42)48-26-40(9-4,27-49-36(43)7-2)24-47-25-41(10-5,28-50-37(44)8-3)29-51-39(46)34-19-15-14-18-33(34)38(45)32-22-20-31(21-23-32)30-16-12-11-13-17-30/h6-8,11-23H,1-3,9-10,24-29H2,4-5H3. The van der Waals surface area contributed by atoms with Crippen molar-refractivity contribution in [2.24, 2.45) is 10.8 Å². The Morgan fingerprint density at radius 1 is 0.529 bits per heavy atom. The Morgan fingerprint density at radius 3 is 1.39 bits per heavy atom. The molecule has 0 bridgehead atoms. The molecule has 0 spiro atoms. The van der Waals surface area contributed by atoms with Crippen LogP contribution in [0.25, 0.3) is 11.1 Å². The number of benzene rings is 3. The predicted molar refractivity (Wildman–Crippen MR) is 192 cm³/mol. The smallest absolute Gasteiger partial charge is 0.338 e. The molecule has 0 radical (unpaired) electrons. The zero-order valence-corrected chi connectivity index (χ0v) is 29.1. The van der Waals surface area contributed by atoms with Crippen LogP contribution in [0.5, 0.6) is 0 Å². The maximum absolute atomic E-state index is 13.6. The van der Waals surface area contributed by atoms with Crippen molar-refractivity contribution in [3.63, 3.8) is 0 Å². The molecule has 3 aromatic rings. The minimum atomic E-state index is -1.03. The van der Waals surface area contributed by atoms with Crippen molar-refractivity contribution in [3.05, 3.63) is 134 Å². The molecule has 0 fully saturated rings. The second-order valence-corrected chi connectivity index (χ2v) is 12.0. The van der Waals surface area contributed by atoms with Crippen LogP contribution in [0.15, 0.2) is 117 Å². The van der Waals surface area contributed by atoms with Gasteiger partial charge in [-0.2, -0.15) is 0 Å². The summed E-state index contributed by atoms with van der Waals surface area (Å²) >= 11 is 0.